The van der Waals surface area contributed by atoms with Gasteiger partial charge in [-0.2, -0.15) is 0 Å². The molecule has 0 fully saturated rings. The lowest BCUT2D eigenvalue weighted by Crippen LogP contribution is -1.96. The summed E-state index contributed by atoms with van der Waals surface area (Å²) in [4.78, 5) is 0. The Morgan fingerprint density at radius 2 is 2.40 bits per heavy atom. The summed E-state index contributed by atoms with van der Waals surface area (Å²) in [5, 5.41) is 2.71. The van der Waals surface area contributed by atoms with Crippen LogP contribution in [0.4, 0.5) is 0 Å². The first-order valence-corrected chi connectivity index (χ1v) is 1.46. The molecule has 0 atom stereocenters. The van der Waals surface area contributed by atoms with E-state index in [4.69, 9.17) is 5.73 Å². The van der Waals surface area contributed by atoms with Gasteiger partial charge in [-0.05, 0) is 6.20 Å². The lowest BCUT2D eigenvalue weighted by Gasteiger charge is -1.75. The first-order valence-electron chi connectivity index (χ1n) is 1.46. The van der Waals surface area contributed by atoms with Gasteiger partial charge in [0.2, 0.25) is 7.98 Å². The molecule has 5 heavy (non-hydrogen) atoms. The van der Waals surface area contributed by atoms with E-state index in [2.05, 4.69) is 5.23 Å². The molecule has 28 valence electrons. The van der Waals surface area contributed by atoms with Crippen LogP contribution in [0, 0.1) is 0 Å². The van der Waals surface area contributed by atoms with Gasteiger partial charge in [-0.1, -0.05) is 0 Å². The third-order valence-electron chi connectivity index (χ3n) is 0.263. The molecule has 0 heterocycles. The van der Waals surface area contributed by atoms with E-state index in [0.717, 1.165) is 0 Å². The van der Waals surface area contributed by atoms with Crippen LogP contribution in [0.25, 0.3) is 0 Å². The number of nitrogens with one attached hydrogen (secondary N) is 1. The van der Waals surface area contributed by atoms with Crippen molar-refractivity contribution in [3.05, 3.63) is 12.4 Å². The Balaban J connectivity index is 2.62. The number of hydrogen-bond acceptors (Lipinski definition) is 2. The van der Waals surface area contributed by atoms with Crippen molar-refractivity contribution in [3.8, 4) is 0 Å². The maximum absolute atomic E-state index is 4.90. The van der Waals surface area contributed by atoms with Crippen LogP contribution in [-0.4, -0.2) is 7.98 Å². The molecule has 0 bridgehead atoms. The predicted octanol–water partition coefficient (Wildman–Crippen LogP) is -1.45. The molecule has 0 unspecified atom stereocenters. The molecular weight excluding hydrogens is 62.8 g/mol. The number of rotatable bonds is 1. The number of hydrogen-bond donors (Lipinski definition) is 2. The standard InChI is InChI=1S/C2H7BN2/c3-5-2-1-4/h1-2,5H,3-4H2/b2-1-. The van der Waals surface area contributed by atoms with Crippen LogP contribution < -0.4 is 11.0 Å². The van der Waals surface area contributed by atoms with E-state index in [-0.39, 0.29) is 0 Å². The summed E-state index contributed by atoms with van der Waals surface area (Å²) in [5.74, 6) is 0. The Kier molecular flexibility index (Phi) is 3.00. The Labute approximate surface area is 32.5 Å². The van der Waals surface area contributed by atoms with E-state index in [1.807, 2.05) is 0 Å². The highest BCUT2D eigenvalue weighted by Gasteiger charge is 1.46. The second-order valence-electron chi connectivity index (χ2n) is 0.648. The van der Waals surface area contributed by atoms with Crippen molar-refractivity contribution in [2.75, 3.05) is 0 Å². The molecule has 0 aromatic heterocycles. The highest BCUT2D eigenvalue weighted by atomic mass is 14.7. The first kappa shape index (κ1) is 4.40. The van der Waals surface area contributed by atoms with E-state index in [0.29, 0.717) is 0 Å². The summed E-state index contributed by atoms with van der Waals surface area (Å²) in [6.07, 6.45) is 3.10. The molecule has 3 heteroatoms. The average Bonchev–Trinajstić information content (AvgIpc) is 1.41. The second-order valence-corrected chi connectivity index (χ2v) is 0.648. The molecule has 0 radical (unpaired) electrons. The van der Waals surface area contributed by atoms with Gasteiger partial charge >= 0.3 is 0 Å². The van der Waals surface area contributed by atoms with Crippen molar-refractivity contribution < 1.29 is 0 Å². The predicted molar refractivity (Wildman–Crippen MR) is 25.0 cm³/mol. The van der Waals surface area contributed by atoms with Crippen LogP contribution >= 0.6 is 0 Å². The lowest BCUT2D eigenvalue weighted by molar-refractivity contribution is 1.35. The fraction of sp³-hybridized carbons (Fsp3) is 0. The van der Waals surface area contributed by atoms with Crippen LogP contribution in [0.3, 0.4) is 0 Å². The molecule has 0 aromatic rings. The topological polar surface area (TPSA) is 38.0 Å². The molecule has 0 aromatic carbocycles. The Morgan fingerprint density at radius 1 is 1.80 bits per heavy atom. The van der Waals surface area contributed by atoms with Crippen LogP contribution in [0.15, 0.2) is 12.4 Å². The molecule has 0 aliphatic heterocycles. The third-order valence-corrected chi connectivity index (χ3v) is 0.263. The molecule has 0 aliphatic carbocycles. The quantitative estimate of drug-likeness (QED) is 0.370. The molecule has 0 saturated carbocycles. The van der Waals surface area contributed by atoms with Gasteiger partial charge in [0, 0.05) is 6.20 Å². The van der Waals surface area contributed by atoms with Gasteiger partial charge < -0.3 is 11.0 Å². The van der Waals surface area contributed by atoms with Gasteiger partial charge in [0.1, 0.15) is 0 Å². The Morgan fingerprint density at radius 3 is 2.40 bits per heavy atom. The summed E-state index contributed by atoms with van der Waals surface area (Å²) in [7, 11) is 1.80. The van der Waals surface area contributed by atoms with Gasteiger partial charge in [-0.25, -0.2) is 0 Å². The van der Waals surface area contributed by atoms with E-state index in [1.54, 1.807) is 14.2 Å². The summed E-state index contributed by atoms with van der Waals surface area (Å²) in [5.41, 5.74) is 4.90. The second kappa shape index (κ2) is 3.40. The highest BCUT2D eigenvalue weighted by Crippen LogP contribution is 1.40. The zero-order valence-electron chi connectivity index (χ0n) is 3.23. The minimum atomic E-state index is 1.44. The fourth-order valence-corrected chi connectivity index (χ4v) is 0.0962. The van der Waals surface area contributed by atoms with Crippen LogP contribution in [0.1, 0.15) is 0 Å². The minimum Gasteiger partial charge on any atom is -0.439 e. The van der Waals surface area contributed by atoms with Crippen molar-refractivity contribution in [2.24, 2.45) is 5.73 Å². The smallest absolute Gasteiger partial charge is 0.213 e. The molecular formula is C2H7BN2. The van der Waals surface area contributed by atoms with Gasteiger partial charge in [0.25, 0.3) is 0 Å². The minimum absolute atomic E-state index is 1.44. The third kappa shape index (κ3) is 3.40. The zero-order chi connectivity index (χ0) is 4.12. The average molecular weight is 69.9 g/mol. The number of nitrogens with two attached hydrogens (primary N) is 1. The van der Waals surface area contributed by atoms with Gasteiger partial charge in [0.05, 0.1) is 0 Å². The van der Waals surface area contributed by atoms with Crippen LogP contribution in [-0.2, 0) is 0 Å². The maximum Gasteiger partial charge on any atom is 0.213 e. The van der Waals surface area contributed by atoms with E-state index < -0.39 is 0 Å². The van der Waals surface area contributed by atoms with Crippen molar-refractivity contribution in [3.63, 3.8) is 0 Å². The molecule has 0 spiro atoms. The molecule has 2 nitrogen and oxygen atoms in total. The molecule has 0 rings (SSSR count). The van der Waals surface area contributed by atoms with Crippen molar-refractivity contribution in [1.29, 1.82) is 0 Å². The monoisotopic (exact) mass is 70.1 g/mol. The summed E-state index contributed by atoms with van der Waals surface area (Å²) >= 11 is 0. The van der Waals surface area contributed by atoms with Crippen LogP contribution in [0.2, 0.25) is 0 Å². The highest BCUT2D eigenvalue weighted by molar-refractivity contribution is 6.05. The molecule has 0 amide bonds. The fourth-order valence-electron chi connectivity index (χ4n) is 0.0962. The maximum atomic E-state index is 4.90. The SMILES string of the molecule is BN/C=C\N. The van der Waals surface area contributed by atoms with Gasteiger partial charge in [-0.15, -0.1) is 0 Å². The van der Waals surface area contributed by atoms with E-state index >= 15 is 0 Å². The largest absolute Gasteiger partial charge is 0.439 e. The van der Waals surface area contributed by atoms with Crippen molar-refractivity contribution in [1.82, 2.24) is 5.23 Å². The summed E-state index contributed by atoms with van der Waals surface area (Å²) in [6.45, 7) is 0. The first-order chi connectivity index (χ1) is 2.41. The van der Waals surface area contributed by atoms with Crippen molar-refractivity contribution in [2.45, 2.75) is 0 Å². The normalized spacial score (nSPS) is 8.80. The Bertz CT molecular complexity index is 34.6. The summed E-state index contributed by atoms with van der Waals surface area (Å²) < 4.78 is 0. The van der Waals surface area contributed by atoms with Crippen LogP contribution in [0.5, 0.6) is 0 Å². The van der Waals surface area contributed by atoms with Gasteiger partial charge in [-0.3, -0.25) is 0 Å². The zero-order valence-corrected chi connectivity index (χ0v) is 3.23. The van der Waals surface area contributed by atoms with Crippen molar-refractivity contribution >= 4 is 7.98 Å². The molecule has 3 N–H and O–H groups in total. The molecule has 0 saturated heterocycles. The molecule has 0 aliphatic rings. The summed E-state index contributed by atoms with van der Waals surface area (Å²) in [6, 6.07) is 0. The van der Waals surface area contributed by atoms with Gasteiger partial charge in [0.15, 0.2) is 0 Å². The van der Waals surface area contributed by atoms with E-state index in [1.165, 1.54) is 6.20 Å². The van der Waals surface area contributed by atoms with E-state index in [9.17, 15) is 0 Å². The Hall–Kier alpha value is -0.595. The lowest BCUT2D eigenvalue weighted by atomic mass is 10.4.